The number of ether oxygens (including phenoxy) is 1. The molecule has 2 N–H and O–H groups in total. The Balaban J connectivity index is 1.66. The molecule has 1 atom stereocenters. The lowest BCUT2D eigenvalue weighted by Gasteiger charge is -2.16. The lowest BCUT2D eigenvalue weighted by molar-refractivity contribution is 0.104. The molecule has 0 spiro atoms. The lowest BCUT2D eigenvalue weighted by Crippen LogP contribution is -2.36. The van der Waals surface area contributed by atoms with Crippen molar-refractivity contribution in [3.8, 4) is 5.75 Å². The van der Waals surface area contributed by atoms with Gasteiger partial charge in [-0.2, -0.15) is 0 Å². The van der Waals surface area contributed by atoms with E-state index in [0.29, 0.717) is 19.2 Å². The van der Waals surface area contributed by atoms with Gasteiger partial charge in [-0.05, 0) is 31.0 Å². The Morgan fingerprint density at radius 3 is 2.89 bits per heavy atom. The van der Waals surface area contributed by atoms with Crippen LogP contribution in [-0.4, -0.2) is 30.4 Å². The Bertz CT molecular complexity index is 401. The molecule has 1 unspecified atom stereocenters. The van der Waals surface area contributed by atoms with Crippen LogP contribution in [-0.2, 0) is 0 Å². The minimum Gasteiger partial charge on any atom is -0.491 e. The van der Waals surface area contributed by atoms with Crippen LogP contribution in [0, 0.1) is 0 Å². The van der Waals surface area contributed by atoms with Crippen molar-refractivity contribution in [3.05, 3.63) is 40.9 Å². The molecule has 3 nitrogen and oxygen atoms in total. The fraction of sp³-hybridized carbons (Fsp3) is 0.429. The van der Waals surface area contributed by atoms with Crippen LogP contribution < -0.4 is 10.1 Å². The van der Waals surface area contributed by atoms with Crippen LogP contribution in [0.15, 0.2) is 40.9 Å². The van der Waals surface area contributed by atoms with Crippen molar-refractivity contribution in [2.45, 2.75) is 25.0 Å². The smallest absolute Gasteiger partial charge is 0.120 e. The molecular weight excluding hydrogens is 294 g/mol. The average Bonchev–Trinajstić information content (AvgIpc) is 2.87. The number of halogens is 1. The topological polar surface area (TPSA) is 41.5 Å². The van der Waals surface area contributed by atoms with E-state index in [-0.39, 0.29) is 0 Å². The van der Waals surface area contributed by atoms with Crippen LogP contribution in [0.2, 0.25) is 0 Å². The molecule has 4 heteroatoms. The largest absolute Gasteiger partial charge is 0.491 e. The van der Waals surface area contributed by atoms with E-state index in [4.69, 9.17) is 4.74 Å². The van der Waals surface area contributed by atoms with Crippen LogP contribution >= 0.6 is 15.9 Å². The third kappa shape index (κ3) is 4.44. The summed E-state index contributed by atoms with van der Waals surface area (Å²) in [4.78, 5) is 0. The van der Waals surface area contributed by atoms with Crippen molar-refractivity contribution in [2.75, 3.05) is 13.2 Å². The summed E-state index contributed by atoms with van der Waals surface area (Å²) in [6.45, 7) is 0.879. The van der Waals surface area contributed by atoms with Gasteiger partial charge in [-0.1, -0.05) is 34.1 Å². The summed E-state index contributed by atoms with van der Waals surface area (Å²) in [5.41, 5.74) is 0. The van der Waals surface area contributed by atoms with Crippen molar-refractivity contribution in [2.24, 2.45) is 0 Å². The summed E-state index contributed by atoms with van der Waals surface area (Å²) >= 11 is 3.38. The Hall–Kier alpha value is -0.840. The first-order chi connectivity index (χ1) is 8.74. The van der Waals surface area contributed by atoms with E-state index in [0.717, 1.165) is 23.1 Å². The average molecular weight is 312 g/mol. The van der Waals surface area contributed by atoms with E-state index < -0.39 is 6.10 Å². The van der Waals surface area contributed by atoms with E-state index in [2.05, 4.69) is 33.4 Å². The Morgan fingerprint density at radius 1 is 1.39 bits per heavy atom. The number of aliphatic hydroxyl groups excluding tert-OH is 1. The van der Waals surface area contributed by atoms with Crippen LogP contribution in [0.1, 0.15) is 12.8 Å². The van der Waals surface area contributed by atoms with Gasteiger partial charge < -0.3 is 15.2 Å². The second-order valence-corrected chi connectivity index (χ2v) is 5.39. The number of rotatable bonds is 6. The zero-order valence-corrected chi connectivity index (χ0v) is 11.8. The highest BCUT2D eigenvalue weighted by atomic mass is 79.9. The van der Waals surface area contributed by atoms with Crippen LogP contribution in [0.5, 0.6) is 5.75 Å². The summed E-state index contributed by atoms with van der Waals surface area (Å²) < 4.78 is 6.50. The maximum atomic E-state index is 9.82. The number of hydrogen-bond donors (Lipinski definition) is 2. The number of hydrogen-bond acceptors (Lipinski definition) is 3. The van der Waals surface area contributed by atoms with Gasteiger partial charge in [0.15, 0.2) is 0 Å². The molecule has 0 aromatic heterocycles. The highest BCUT2D eigenvalue weighted by molar-refractivity contribution is 9.10. The summed E-state index contributed by atoms with van der Waals surface area (Å²) in [6, 6.07) is 8.10. The molecule has 0 saturated carbocycles. The first kappa shape index (κ1) is 13.6. The standard InChI is InChI=1S/C14H18BrNO2/c15-11-4-3-7-14(8-11)18-10-13(17)9-16-12-5-1-2-6-12/h1-4,7-8,12-13,16-17H,5-6,9-10H2. The molecule has 0 amide bonds. The van der Waals surface area contributed by atoms with Gasteiger partial charge in [-0.3, -0.25) is 0 Å². The van der Waals surface area contributed by atoms with Crippen LogP contribution in [0.4, 0.5) is 0 Å². The first-order valence-electron chi connectivity index (χ1n) is 6.19. The van der Waals surface area contributed by atoms with Gasteiger partial charge in [-0.15, -0.1) is 0 Å². The maximum absolute atomic E-state index is 9.82. The molecule has 1 aliphatic carbocycles. The van der Waals surface area contributed by atoms with Crippen molar-refractivity contribution in [1.82, 2.24) is 5.32 Å². The minimum absolute atomic E-state index is 0.309. The minimum atomic E-state index is -0.482. The second kappa shape index (κ2) is 6.92. The number of nitrogens with one attached hydrogen (secondary N) is 1. The molecule has 1 aromatic rings. The normalized spacial score (nSPS) is 17.0. The van der Waals surface area contributed by atoms with Gasteiger partial charge in [0.2, 0.25) is 0 Å². The maximum Gasteiger partial charge on any atom is 0.120 e. The SMILES string of the molecule is OC(CNC1CC=CC1)COc1cccc(Br)c1. The van der Waals surface area contributed by atoms with Gasteiger partial charge in [0.1, 0.15) is 18.5 Å². The molecule has 1 aliphatic rings. The molecular formula is C14H18BrNO2. The fourth-order valence-electron chi connectivity index (χ4n) is 1.89. The van der Waals surface area contributed by atoms with Crippen molar-refractivity contribution >= 4 is 15.9 Å². The van der Waals surface area contributed by atoms with Crippen molar-refractivity contribution in [1.29, 1.82) is 0 Å². The molecule has 2 rings (SSSR count). The summed E-state index contributed by atoms with van der Waals surface area (Å²) in [6.07, 6.45) is 5.97. The van der Waals surface area contributed by atoms with E-state index in [1.807, 2.05) is 24.3 Å². The fourth-order valence-corrected chi connectivity index (χ4v) is 2.27. The van der Waals surface area contributed by atoms with Crippen molar-refractivity contribution in [3.63, 3.8) is 0 Å². The van der Waals surface area contributed by atoms with Gasteiger partial charge in [0.25, 0.3) is 0 Å². The summed E-state index contributed by atoms with van der Waals surface area (Å²) in [7, 11) is 0. The second-order valence-electron chi connectivity index (χ2n) is 4.47. The highest BCUT2D eigenvalue weighted by Gasteiger charge is 2.12. The highest BCUT2D eigenvalue weighted by Crippen LogP contribution is 2.17. The van der Waals surface area contributed by atoms with E-state index in [9.17, 15) is 5.11 Å². The predicted molar refractivity (Wildman–Crippen MR) is 75.8 cm³/mol. The van der Waals surface area contributed by atoms with Crippen LogP contribution in [0.25, 0.3) is 0 Å². The Morgan fingerprint density at radius 2 is 2.17 bits per heavy atom. The quantitative estimate of drug-likeness (QED) is 0.793. The monoisotopic (exact) mass is 311 g/mol. The van der Waals surface area contributed by atoms with E-state index >= 15 is 0 Å². The van der Waals surface area contributed by atoms with Gasteiger partial charge >= 0.3 is 0 Å². The number of benzene rings is 1. The first-order valence-corrected chi connectivity index (χ1v) is 6.98. The zero-order chi connectivity index (χ0) is 12.8. The van der Waals surface area contributed by atoms with E-state index in [1.165, 1.54) is 0 Å². The Kier molecular flexibility index (Phi) is 5.23. The molecule has 0 fully saturated rings. The zero-order valence-electron chi connectivity index (χ0n) is 10.2. The molecule has 0 bridgehead atoms. The number of aliphatic hydroxyl groups is 1. The molecule has 0 saturated heterocycles. The molecule has 0 aliphatic heterocycles. The molecule has 1 aromatic carbocycles. The molecule has 0 radical (unpaired) electrons. The van der Waals surface area contributed by atoms with Crippen molar-refractivity contribution < 1.29 is 9.84 Å². The summed E-state index contributed by atoms with van der Waals surface area (Å²) in [5, 5.41) is 13.1. The summed E-state index contributed by atoms with van der Waals surface area (Å²) in [5.74, 6) is 0.769. The third-order valence-corrected chi connectivity index (χ3v) is 3.38. The molecule has 0 heterocycles. The third-order valence-electron chi connectivity index (χ3n) is 2.89. The van der Waals surface area contributed by atoms with Crippen LogP contribution in [0.3, 0.4) is 0 Å². The van der Waals surface area contributed by atoms with E-state index in [1.54, 1.807) is 0 Å². The lowest BCUT2D eigenvalue weighted by atomic mass is 10.2. The predicted octanol–water partition coefficient (Wildman–Crippen LogP) is 2.50. The Labute approximate surface area is 116 Å². The molecule has 98 valence electrons. The van der Waals surface area contributed by atoms with Gasteiger partial charge in [-0.25, -0.2) is 0 Å². The van der Waals surface area contributed by atoms with Gasteiger partial charge in [0.05, 0.1) is 0 Å². The molecule has 18 heavy (non-hydrogen) atoms. The van der Waals surface area contributed by atoms with Gasteiger partial charge in [0, 0.05) is 17.1 Å².